The number of hydrogen-bond donors (Lipinski definition) is 0. The Bertz CT molecular complexity index is 970. The van der Waals surface area contributed by atoms with Gasteiger partial charge in [-0.05, 0) is 43.4 Å². The highest BCUT2D eigenvalue weighted by Gasteiger charge is 2.25. The van der Waals surface area contributed by atoms with Gasteiger partial charge in [0.05, 0.1) is 17.6 Å². The molecule has 29 heavy (non-hydrogen) atoms. The van der Waals surface area contributed by atoms with Gasteiger partial charge >= 0.3 is 5.97 Å². The topological polar surface area (TPSA) is 61.2 Å². The number of esters is 1. The van der Waals surface area contributed by atoms with E-state index in [1.807, 2.05) is 53.2 Å². The Balaban J connectivity index is 1.58. The fourth-order valence-electron chi connectivity index (χ4n) is 3.73. The van der Waals surface area contributed by atoms with Crippen molar-refractivity contribution in [1.29, 1.82) is 0 Å². The number of ether oxygens (including phenoxy) is 1. The first kappa shape index (κ1) is 19.1. The van der Waals surface area contributed by atoms with Crippen LogP contribution in [0.3, 0.4) is 0 Å². The SMILES string of the molecule is O=C1CCC(OC(=O)c2cnn(-c3ccccc3)c2CCc2ccccc2)CC1. The fourth-order valence-corrected chi connectivity index (χ4v) is 3.73. The molecule has 0 unspecified atom stereocenters. The monoisotopic (exact) mass is 388 g/mol. The van der Waals surface area contributed by atoms with Crippen molar-refractivity contribution in [3.05, 3.63) is 83.7 Å². The Kier molecular flexibility index (Phi) is 5.84. The molecule has 1 heterocycles. The van der Waals surface area contributed by atoms with E-state index in [1.165, 1.54) is 5.56 Å². The number of rotatable bonds is 6. The van der Waals surface area contributed by atoms with Gasteiger partial charge in [0, 0.05) is 12.8 Å². The van der Waals surface area contributed by atoms with Gasteiger partial charge in [0.2, 0.25) is 0 Å². The van der Waals surface area contributed by atoms with E-state index in [4.69, 9.17) is 4.74 Å². The van der Waals surface area contributed by atoms with Crippen molar-refractivity contribution in [2.24, 2.45) is 0 Å². The van der Waals surface area contributed by atoms with Crippen LogP contribution in [0, 0.1) is 0 Å². The summed E-state index contributed by atoms with van der Waals surface area (Å²) in [6, 6.07) is 20.0. The molecule has 0 N–H and O–H groups in total. The van der Waals surface area contributed by atoms with Gasteiger partial charge in [-0.2, -0.15) is 5.10 Å². The molecule has 0 atom stereocenters. The predicted octanol–water partition coefficient (Wildman–Crippen LogP) is 4.33. The molecule has 5 heteroatoms. The van der Waals surface area contributed by atoms with Gasteiger partial charge in [0.15, 0.2) is 0 Å². The summed E-state index contributed by atoms with van der Waals surface area (Å²) in [5, 5.41) is 4.49. The van der Waals surface area contributed by atoms with Crippen molar-refractivity contribution in [2.45, 2.75) is 44.6 Å². The summed E-state index contributed by atoms with van der Waals surface area (Å²) in [5.41, 5.74) is 3.47. The molecule has 0 aliphatic heterocycles. The number of carbonyl (C=O) groups excluding carboxylic acids is 2. The molecule has 0 amide bonds. The van der Waals surface area contributed by atoms with Gasteiger partial charge in [-0.3, -0.25) is 4.79 Å². The van der Waals surface area contributed by atoms with Crippen LogP contribution in [0.4, 0.5) is 0 Å². The summed E-state index contributed by atoms with van der Waals surface area (Å²) in [5.74, 6) is -0.104. The molecule has 0 saturated heterocycles. The Morgan fingerprint density at radius 1 is 0.966 bits per heavy atom. The van der Waals surface area contributed by atoms with Gasteiger partial charge in [-0.1, -0.05) is 48.5 Å². The lowest BCUT2D eigenvalue weighted by Gasteiger charge is -2.21. The van der Waals surface area contributed by atoms with Gasteiger partial charge in [0.25, 0.3) is 0 Å². The minimum Gasteiger partial charge on any atom is -0.459 e. The summed E-state index contributed by atoms with van der Waals surface area (Å²) < 4.78 is 7.55. The summed E-state index contributed by atoms with van der Waals surface area (Å²) in [7, 11) is 0. The molecular formula is C24H24N2O3. The summed E-state index contributed by atoms with van der Waals surface area (Å²) >= 11 is 0. The standard InChI is InChI=1S/C24H24N2O3/c27-20-12-14-21(15-13-20)29-24(28)22-17-25-26(19-9-5-2-6-10-19)23(22)16-11-18-7-3-1-4-8-18/h1-10,17,21H,11-16H2. The third-order valence-electron chi connectivity index (χ3n) is 5.35. The third kappa shape index (κ3) is 4.62. The lowest BCUT2D eigenvalue weighted by molar-refractivity contribution is -0.122. The number of nitrogens with zero attached hydrogens (tertiary/aromatic N) is 2. The summed E-state index contributed by atoms with van der Waals surface area (Å²) in [6.45, 7) is 0. The molecule has 4 rings (SSSR count). The zero-order valence-electron chi connectivity index (χ0n) is 16.3. The Morgan fingerprint density at radius 2 is 1.62 bits per heavy atom. The Labute approximate surface area is 170 Å². The number of aryl methyl sites for hydroxylation is 1. The normalized spacial score (nSPS) is 14.7. The highest BCUT2D eigenvalue weighted by atomic mass is 16.5. The number of para-hydroxylation sites is 1. The van der Waals surface area contributed by atoms with Gasteiger partial charge in [0.1, 0.15) is 17.5 Å². The van der Waals surface area contributed by atoms with Gasteiger partial charge in [-0.25, -0.2) is 9.48 Å². The van der Waals surface area contributed by atoms with Crippen molar-refractivity contribution < 1.29 is 14.3 Å². The van der Waals surface area contributed by atoms with Crippen molar-refractivity contribution >= 4 is 11.8 Å². The molecule has 1 fully saturated rings. The molecule has 1 aliphatic rings. The molecular weight excluding hydrogens is 364 g/mol. The molecule has 2 aromatic carbocycles. The van der Waals surface area contributed by atoms with E-state index in [-0.39, 0.29) is 17.9 Å². The van der Waals surface area contributed by atoms with Crippen molar-refractivity contribution in [2.75, 3.05) is 0 Å². The number of aromatic nitrogens is 2. The number of ketones is 1. The first-order valence-corrected chi connectivity index (χ1v) is 10.1. The fraction of sp³-hybridized carbons (Fsp3) is 0.292. The first-order valence-electron chi connectivity index (χ1n) is 10.1. The largest absolute Gasteiger partial charge is 0.459 e. The van der Waals surface area contributed by atoms with Crippen molar-refractivity contribution in [3.63, 3.8) is 0 Å². The summed E-state index contributed by atoms with van der Waals surface area (Å²) in [6.07, 6.45) is 5.08. The number of Topliss-reactive ketones (excluding diaryl/α,β-unsaturated/α-hetero) is 1. The maximum absolute atomic E-state index is 12.9. The van der Waals surface area contributed by atoms with Crippen LogP contribution in [0.5, 0.6) is 0 Å². The Hall–Kier alpha value is -3.21. The van der Waals surface area contributed by atoms with Gasteiger partial charge < -0.3 is 4.74 Å². The van der Waals surface area contributed by atoms with E-state index in [1.54, 1.807) is 6.20 Å². The minimum atomic E-state index is -0.352. The molecule has 5 nitrogen and oxygen atoms in total. The van der Waals surface area contributed by atoms with Crippen LogP contribution in [0.2, 0.25) is 0 Å². The second kappa shape index (κ2) is 8.86. The smallest absolute Gasteiger partial charge is 0.341 e. The average molecular weight is 388 g/mol. The van der Waals surface area contributed by atoms with Crippen LogP contribution in [0.25, 0.3) is 5.69 Å². The molecule has 3 aromatic rings. The second-order valence-electron chi connectivity index (χ2n) is 7.38. The van der Waals surface area contributed by atoms with Crippen molar-refractivity contribution in [3.8, 4) is 5.69 Å². The number of benzene rings is 2. The van der Waals surface area contributed by atoms with E-state index in [9.17, 15) is 9.59 Å². The molecule has 1 aromatic heterocycles. The van der Waals surface area contributed by atoms with E-state index in [0.717, 1.165) is 17.8 Å². The maximum Gasteiger partial charge on any atom is 0.341 e. The zero-order valence-corrected chi connectivity index (χ0v) is 16.3. The predicted molar refractivity (Wildman–Crippen MR) is 110 cm³/mol. The third-order valence-corrected chi connectivity index (χ3v) is 5.35. The molecule has 0 bridgehead atoms. The quantitative estimate of drug-likeness (QED) is 0.590. The maximum atomic E-state index is 12.9. The highest BCUT2D eigenvalue weighted by molar-refractivity contribution is 5.91. The van der Waals surface area contributed by atoms with Crippen LogP contribution in [0.15, 0.2) is 66.9 Å². The van der Waals surface area contributed by atoms with Crippen LogP contribution in [0.1, 0.15) is 47.3 Å². The van der Waals surface area contributed by atoms with Crippen LogP contribution < -0.4 is 0 Å². The van der Waals surface area contributed by atoms with E-state index < -0.39 is 0 Å². The van der Waals surface area contributed by atoms with E-state index in [2.05, 4.69) is 17.2 Å². The van der Waals surface area contributed by atoms with Crippen molar-refractivity contribution in [1.82, 2.24) is 9.78 Å². The lowest BCUT2D eigenvalue weighted by atomic mass is 9.96. The van der Waals surface area contributed by atoms with E-state index in [0.29, 0.717) is 37.7 Å². The number of hydrogen-bond acceptors (Lipinski definition) is 4. The number of carbonyl (C=O) groups is 2. The Morgan fingerprint density at radius 3 is 2.31 bits per heavy atom. The minimum absolute atomic E-state index is 0.192. The van der Waals surface area contributed by atoms with Crippen LogP contribution >= 0.6 is 0 Å². The molecule has 1 aliphatic carbocycles. The van der Waals surface area contributed by atoms with E-state index >= 15 is 0 Å². The average Bonchev–Trinajstić information content (AvgIpc) is 3.19. The van der Waals surface area contributed by atoms with Crippen LogP contribution in [-0.4, -0.2) is 27.6 Å². The lowest BCUT2D eigenvalue weighted by Crippen LogP contribution is -2.25. The van der Waals surface area contributed by atoms with Gasteiger partial charge in [-0.15, -0.1) is 0 Å². The summed E-state index contributed by atoms with van der Waals surface area (Å²) in [4.78, 5) is 24.4. The second-order valence-corrected chi connectivity index (χ2v) is 7.38. The molecule has 1 saturated carbocycles. The zero-order chi connectivity index (χ0) is 20.1. The van der Waals surface area contributed by atoms with Crippen LogP contribution in [-0.2, 0) is 22.4 Å². The highest BCUT2D eigenvalue weighted by Crippen LogP contribution is 2.22. The first-order chi connectivity index (χ1) is 14.2. The molecule has 0 spiro atoms. The molecule has 148 valence electrons. The molecule has 0 radical (unpaired) electrons.